The van der Waals surface area contributed by atoms with E-state index >= 15 is 0 Å². The van der Waals surface area contributed by atoms with Crippen LogP contribution in [0, 0.1) is 0 Å². The molecular formula is C137H89N7. The number of benzene rings is 23. The standard InChI is InChI=1S/C55H38N2.C46H30N2.C36H21N3/c1-55(2)48-20-9-8-17-44(48)45-32-31-41(34-49(45)55)56(38-13-4-3-5-14-38)39-27-22-35(23-28-39)36-24-29-40(30-25-36)57-50-21-11-19-47-43-16-7-6-15-42(43)46-18-10-12-37-26-33-51(57)54(52(37)46)53(47)50;1-3-12-34(13-4-1)47(35-14-5-2-6-15-35)36-26-21-31(22-27-36)32-23-28-37(29-24-32)48-42-20-10-19-41-39-17-8-7-16-38(39)40-18-9-11-33-25-30-43(48)46(44(33)40)45(41)42;1-2-10-23(11-3-1)35-36(38-29-18-7-6-17-28(29)37-35)39-30-19-9-16-27-25-14-5-4-13-24(25)26-15-8-12-22-20-21-31(39)34(32(22)26)33(27)30/h3-34H,1-2H3;1-30H;1-21H. The zero-order valence-electron chi connectivity index (χ0n) is 79.1. The van der Waals surface area contributed by atoms with Crippen molar-refractivity contribution < 1.29 is 0 Å². The highest BCUT2D eigenvalue weighted by atomic mass is 15.2. The van der Waals surface area contributed by atoms with Crippen molar-refractivity contribution in [2.24, 2.45) is 0 Å². The molecule has 672 valence electrons. The molecule has 0 saturated carbocycles. The molecule has 0 amide bonds. The van der Waals surface area contributed by atoms with Crippen LogP contribution in [0.3, 0.4) is 0 Å². The lowest BCUT2D eigenvalue weighted by atomic mass is 9.82. The molecule has 23 aromatic carbocycles. The van der Waals surface area contributed by atoms with Crippen LogP contribution in [0.5, 0.6) is 0 Å². The average Bonchev–Trinajstić information content (AvgIpc) is 1.55. The quantitative estimate of drug-likeness (QED) is 0.122. The smallest absolute Gasteiger partial charge is 0.165 e. The molecule has 4 heterocycles. The van der Waals surface area contributed by atoms with E-state index in [9.17, 15) is 0 Å². The molecule has 0 fully saturated rings. The second-order valence-corrected chi connectivity index (χ2v) is 38.8. The van der Waals surface area contributed by atoms with Gasteiger partial charge in [-0.15, -0.1) is 0 Å². The lowest BCUT2D eigenvalue weighted by Crippen LogP contribution is -2.16. The van der Waals surface area contributed by atoms with E-state index in [4.69, 9.17) is 9.97 Å². The number of hydrogen-bond donors (Lipinski definition) is 0. The minimum absolute atomic E-state index is 0.0700. The summed E-state index contributed by atoms with van der Waals surface area (Å²) in [4.78, 5) is 15.2. The Morgan fingerprint density at radius 1 is 0.181 bits per heavy atom. The molecule has 4 aliphatic carbocycles. The van der Waals surface area contributed by atoms with Crippen molar-refractivity contribution in [3.05, 3.63) is 515 Å². The highest BCUT2D eigenvalue weighted by Gasteiger charge is 2.37. The van der Waals surface area contributed by atoms with Crippen molar-refractivity contribution in [3.8, 4) is 129 Å². The molecule has 0 bridgehead atoms. The molecule has 4 aliphatic rings. The van der Waals surface area contributed by atoms with Gasteiger partial charge in [0.1, 0.15) is 5.69 Å². The third-order valence-electron chi connectivity index (χ3n) is 30.8. The molecular weight excluding hydrogens is 1740 g/mol. The number of hydrogen-bond acceptors (Lipinski definition) is 4. The Morgan fingerprint density at radius 3 is 0.868 bits per heavy atom. The van der Waals surface area contributed by atoms with Gasteiger partial charge >= 0.3 is 0 Å². The van der Waals surface area contributed by atoms with Crippen LogP contribution in [-0.4, -0.2) is 23.7 Å². The molecule has 0 atom stereocenters. The minimum atomic E-state index is -0.0700. The van der Waals surface area contributed by atoms with Crippen LogP contribution in [0.1, 0.15) is 25.0 Å². The first-order valence-corrected chi connectivity index (χ1v) is 49.7. The number of rotatable bonds is 12. The zero-order valence-corrected chi connectivity index (χ0v) is 79.1. The Bertz CT molecular complexity index is 9910. The summed E-state index contributed by atoms with van der Waals surface area (Å²) in [5.41, 5.74) is 45.7. The SMILES string of the molecule is CC1(C)c2ccccc2-c2ccc(N(c3ccccc3)c3ccc(-c4ccc(-n5c6cccc7c6c6c8c(cccc8ccc65)-c5ccccc5-7)cc4)cc3)cc21.c1ccc(-c2nc3ccccc3nc2-n2c3cccc4c3c3c5c(cccc5ccc32)-c2ccccc2-4)cc1.c1ccc(N(c2ccccc2)c2ccc(-c3ccc(-n4c5cccc6c5c5c7c(cccc7ccc54)-c4ccccc4-6)cc3)cc2)cc1. The number of aromatic nitrogens is 5. The number of fused-ring (bicyclic) bond motifs is 13. The van der Waals surface area contributed by atoms with Gasteiger partial charge in [0, 0.05) is 88.8 Å². The Morgan fingerprint density at radius 2 is 0.465 bits per heavy atom. The first kappa shape index (κ1) is 82.3. The maximum Gasteiger partial charge on any atom is 0.165 e. The molecule has 4 aromatic heterocycles. The van der Waals surface area contributed by atoms with Gasteiger partial charge in [-0.3, -0.25) is 4.57 Å². The Hall–Kier alpha value is -18.8. The molecule has 0 N–H and O–H groups in total. The molecule has 0 unspecified atom stereocenters. The topological polar surface area (TPSA) is 47.1 Å². The van der Waals surface area contributed by atoms with Crippen molar-refractivity contribution in [2.45, 2.75) is 19.3 Å². The van der Waals surface area contributed by atoms with Crippen molar-refractivity contribution >= 4 is 143 Å². The van der Waals surface area contributed by atoms with Crippen LogP contribution >= 0.6 is 0 Å². The second kappa shape index (κ2) is 32.7. The van der Waals surface area contributed by atoms with Gasteiger partial charge in [-0.1, -0.05) is 372 Å². The monoisotopic (exact) mass is 1830 g/mol. The van der Waals surface area contributed by atoms with Gasteiger partial charge in [0.2, 0.25) is 0 Å². The number of anilines is 6. The second-order valence-electron chi connectivity index (χ2n) is 38.8. The molecule has 0 spiro atoms. The van der Waals surface area contributed by atoms with E-state index in [1.807, 2.05) is 30.3 Å². The van der Waals surface area contributed by atoms with E-state index in [0.717, 1.165) is 84.6 Å². The third kappa shape index (κ3) is 12.7. The van der Waals surface area contributed by atoms with Crippen LogP contribution < -0.4 is 9.80 Å². The Balaban J connectivity index is 0.000000105. The van der Waals surface area contributed by atoms with E-state index < -0.39 is 0 Å². The summed E-state index contributed by atoms with van der Waals surface area (Å²) in [6.07, 6.45) is 0. The van der Waals surface area contributed by atoms with E-state index in [0.29, 0.717) is 0 Å². The molecule has 27 aromatic rings. The van der Waals surface area contributed by atoms with Crippen LogP contribution in [0.15, 0.2) is 504 Å². The summed E-state index contributed by atoms with van der Waals surface area (Å²) in [6.45, 7) is 4.70. The van der Waals surface area contributed by atoms with Crippen molar-refractivity contribution in [1.82, 2.24) is 23.7 Å². The van der Waals surface area contributed by atoms with Crippen LogP contribution in [0.4, 0.5) is 34.1 Å². The lowest BCUT2D eigenvalue weighted by molar-refractivity contribution is 0.660. The summed E-state index contributed by atoms with van der Waals surface area (Å²) in [7, 11) is 0. The average molecular weight is 1830 g/mol. The lowest BCUT2D eigenvalue weighted by Gasteiger charge is -2.28. The van der Waals surface area contributed by atoms with Crippen molar-refractivity contribution in [3.63, 3.8) is 0 Å². The van der Waals surface area contributed by atoms with Gasteiger partial charge in [-0.25, -0.2) is 9.97 Å². The van der Waals surface area contributed by atoms with Gasteiger partial charge in [-0.2, -0.15) is 0 Å². The maximum absolute atomic E-state index is 5.29. The fraction of sp³-hybridized carbons (Fsp3) is 0.0219. The van der Waals surface area contributed by atoms with Crippen LogP contribution in [0.2, 0.25) is 0 Å². The van der Waals surface area contributed by atoms with Crippen molar-refractivity contribution in [1.29, 1.82) is 0 Å². The van der Waals surface area contributed by atoms with Crippen LogP contribution in [-0.2, 0) is 5.41 Å². The molecule has 0 radical (unpaired) electrons. The van der Waals surface area contributed by atoms with Crippen molar-refractivity contribution in [2.75, 3.05) is 9.80 Å². The summed E-state index contributed by atoms with van der Waals surface area (Å²) in [5, 5.41) is 15.7. The van der Waals surface area contributed by atoms with E-state index in [2.05, 4.69) is 511 Å². The predicted octanol–water partition coefficient (Wildman–Crippen LogP) is 36.9. The highest BCUT2D eigenvalue weighted by molar-refractivity contribution is 6.34. The van der Waals surface area contributed by atoms with E-state index in [1.165, 1.54) is 198 Å². The summed E-state index contributed by atoms with van der Waals surface area (Å²) < 4.78 is 7.24. The summed E-state index contributed by atoms with van der Waals surface area (Å²) in [6, 6.07) is 183. The van der Waals surface area contributed by atoms with Gasteiger partial charge < -0.3 is 18.9 Å². The largest absolute Gasteiger partial charge is 0.311 e. The normalized spacial score (nSPS) is 12.4. The van der Waals surface area contributed by atoms with Gasteiger partial charge in [0.05, 0.1) is 44.1 Å². The first-order valence-electron chi connectivity index (χ1n) is 49.7. The van der Waals surface area contributed by atoms with Gasteiger partial charge in [0.25, 0.3) is 0 Å². The van der Waals surface area contributed by atoms with Crippen LogP contribution in [0.25, 0.3) is 237 Å². The number of para-hydroxylation sites is 5. The fourth-order valence-corrected chi connectivity index (χ4v) is 24.4. The number of nitrogens with zero attached hydrogens (tertiary/aromatic N) is 7. The Kier molecular flexibility index (Phi) is 18.7. The summed E-state index contributed by atoms with van der Waals surface area (Å²) in [5.74, 6) is 0.850. The molecule has 31 rings (SSSR count). The van der Waals surface area contributed by atoms with Gasteiger partial charge in [0.15, 0.2) is 5.82 Å². The highest BCUT2D eigenvalue weighted by Crippen LogP contribution is 2.57. The first-order chi connectivity index (χ1) is 71.2. The molecule has 144 heavy (non-hydrogen) atoms. The minimum Gasteiger partial charge on any atom is -0.311 e. The predicted molar refractivity (Wildman–Crippen MR) is 604 cm³/mol. The fourth-order valence-electron chi connectivity index (χ4n) is 24.4. The molecule has 0 saturated heterocycles. The van der Waals surface area contributed by atoms with E-state index in [1.54, 1.807) is 0 Å². The van der Waals surface area contributed by atoms with Gasteiger partial charge in [-0.05, 0) is 289 Å². The molecule has 7 heteroatoms. The third-order valence-corrected chi connectivity index (χ3v) is 30.8. The Labute approximate surface area is 832 Å². The summed E-state index contributed by atoms with van der Waals surface area (Å²) >= 11 is 0. The molecule has 0 aliphatic heterocycles. The maximum atomic E-state index is 5.29. The molecule has 7 nitrogen and oxygen atoms in total. The van der Waals surface area contributed by atoms with E-state index in [-0.39, 0.29) is 5.41 Å². The zero-order chi connectivity index (χ0) is 94.9.